The van der Waals surface area contributed by atoms with Gasteiger partial charge in [0.15, 0.2) is 0 Å². The van der Waals surface area contributed by atoms with Gasteiger partial charge < -0.3 is 15.1 Å². The number of fused-ring (bicyclic) bond motifs is 9. The molecule has 0 aliphatic carbocycles. The Balaban J connectivity index is 1.36. The van der Waals surface area contributed by atoms with Gasteiger partial charge in [-0.1, -0.05) is 24.6 Å². The number of aromatic nitrogens is 3. The quantitative estimate of drug-likeness (QED) is 0.324. The topological polar surface area (TPSA) is 66.3 Å². The van der Waals surface area contributed by atoms with Gasteiger partial charge in [0, 0.05) is 36.2 Å². The summed E-state index contributed by atoms with van der Waals surface area (Å²) < 4.78 is 32.9. The van der Waals surface area contributed by atoms with Crippen molar-refractivity contribution in [1.29, 1.82) is 0 Å². The first kappa shape index (κ1) is 32.0. The number of benzene rings is 1. The molecule has 6 heterocycles. The average Bonchev–Trinajstić information content (AvgIpc) is 3.05. The number of hydrogen-bond donors (Lipinski definition) is 1. The van der Waals surface area contributed by atoms with E-state index < -0.39 is 5.92 Å². The highest BCUT2D eigenvalue weighted by molar-refractivity contribution is 5.87. The summed E-state index contributed by atoms with van der Waals surface area (Å²) in [6.45, 7) is 12.0. The molecule has 1 N–H and O–H groups in total. The minimum absolute atomic E-state index is 0.0681. The lowest BCUT2D eigenvalue weighted by atomic mass is 9.89. The zero-order valence-corrected chi connectivity index (χ0v) is 27.3. The summed E-state index contributed by atoms with van der Waals surface area (Å²) in [4.78, 5) is 28.4. The minimum atomic E-state index is -2.87. The van der Waals surface area contributed by atoms with Crippen molar-refractivity contribution in [1.82, 2.24) is 24.3 Å². The number of pyridine rings is 1. The number of anilines is 1. The van der Waals surface area contributed by atoms with E-state index in [4.69, 9.17) is 0 Å². The molecule has 4 aliphatic rings. The molecule has 7 nitrogen and oxygen atoms in total. The molecule has 1 aromatic carbocycles. The smallest absolute Gasteiger partial charge is 0.273 e. The molecule has 0 unspecified atom stereocenters. The van der Waals surface area contributed by atoms with Crippen LogP contribution in [0.5, 0.6) is 0 Å². The van der Waals surface area contributed by atoms with Gasteiger partial charge in [-0.05, 0) is 128 Å². The number of piperidine rings is 2. The molecule has 3 aromatic rings. The van der Waals surface area contributed by atoms with Gasteiger partial charge in [0.25, 0.3) is 11.5 Å². The van der Waals surface area contributed by atoms with Crippen LogP contribution in [0.25, 0.3) is 11.0 Å². The van der Waals surface area contributed by atoms with E-state index in [-0.39, 0.29) is 29.5 Å². The number of aryl methyl sites for hydroxylation is 1. The molecule has 7 rings (SSSR count). The number of nitrogens with one attached hydrogen (secondary N) is 1. The van der Waals surface area contributed by atoms with Crippen molar-refractivity contribution in [3.05, 3.63) is 63.7 Å². The molecule has 45 heavy (non-hydrogen) atoms. The monoisotopic (exact) mass is 620 g/mol. The summed E-state index contributed by atoms with van der Waals surface area (Å²) in [6.07, 6.45) is 8.83. The second-order valence-corrected chi connectivity index (χ2v) is 14.0. The predicted octanol–water partition coefficient (Wildman–Crippen LogP) is 7.32. The van der Waals surface area contributed by atoms with Crippen molar-refractivity contribution < 1.29 is 8.78 Å². The summed E-state index contributed by atoms with van der Waals surface area (Å²) in [5.41, 5.74) is 2.42. The van der Waals surface area contributed by atoms with E-state index >= 15 is 8.78 Å². The lowest BCUT2D eigenvalue weighted by Crippen LogP contribution is -2.39. The minimum Gasteiger partial charge on any atom is -0.363 e. The molecule has 1 atom stereocenters. The maximum atomic E-state index is 15.5. The summed E-state index contributed by atoms with van der Waals surface area (Å²) in [5, 5.41) is 4.33. The van der Waals surface area contributed by atoms with Gasteiger partial charge in [-0.2, -0.15) is 0 Å². The maximum absolute atomic E-state index is 15.5. The first-order valence-corrected chi connectivity index (χ1v) is 17.3. The normalized spacial score (nSPS) is 25.7. The Morgan fingerprint density at radius 3 is 2.42 bits per heavy atom. The molecule has 0 amide bonds. The van der Waals surface area contributed by atoms with E-state index in [1.807, 2.05) is 23.6 Å². The molecule has 2 aromatic heterocycles. The molecule has 244 valence electrons. The molecule has 2 fully saturated rings. The van der Waals surface area contributed by atoms with Gasteiger partial charge in [0.1, 0.15) is 17.8 Å². The van der Waals surface area contributed by atoms with E-state index in [9.17, 15) is 4.79 Å². The van der Waals surface area contributed by atoms with Gasteiger partial charge >= 0.3 is 0 Å². The van der Waals surface area contributed by atoms with E-state index in [1.54, 1.807) is 18.2 Å². The van der Waals surface area contributed by atoms with Crippen molar-refractivity contribution >= 4 is 16.9 Å². The Kier molecular flexibility index (Phi) is 9.85. The van der Waals surface area contributed by atoms with Crippen molar-refractivity contribution in [3.8, 4) is 0 Å². The fourth-order valence-electron chi connectivity index (χ4n) is 7.68. The van der Waals surface area contributed by atoms with Crippen LogP contribution in [0.3, 0.4) is 0 Å². The van der Waals surface area contributed by atoms with Crippen molar-refractivity contribution in [2.75, 3.05) is 38.0 Å². The van der Waals surface area contributed by atoms with Crippen molar-refractivity contribution in [2.24, 2.45) is 5.92 Å². The first-order valence-electron chi connectivity index (χ1n) is 17.3. The molecule has 0 spiro atoms. The highest BCUT2D eigenvalue weighted by Crippen LogP contribution is 2.38. The second kappa shape index (κ2) is 13.8. The van der Waals surface area contributed by atoms with Crippen LogP contribution in [0, 0.1) is 5.92 Å². The number of halogens is 2. The van der Waals surface area contributed by atoms with Crippen LogP contribution in [0.15, 0.2) is 41.5 Å². The molecular weight excluding hydrogens is 570 g/mol. The van der Waals surface area contributed by atoms with E-state index in [0.29, 0.717) is 36.4 Å². The van der Waals surface area contributed by atoms with Crippen LogP contribution >= 0.6 is 0 Å². The fourth-order valence-corrected chi connectivity index (χ4v) is 7.68. The Morgan fingerprint density at radius 1 is 0.911 bits per heavy atom. The molecule has 9 heteroatoms. The van der Waals surface area contributed by atoms with E-state index in [2.05, 4.69) is 38.9 Å². The van der Waals surface area contributed by atoms with Crippen LogP contribution in [-0.4, -0.2) is 63.1 Å². The lowest BCUT2D eigenvalue weighted by molar-refractivity contribution is -0.0217. The van der Waals surface area contributed by atoms with Gasteiger partial charge in [0.05, 0.1) is 5.39 Å². The SMILES string of the molecule is CC(C)N1CCC(c2cc3c4ncnc3n(c2=O)CCCCCN2CCC(CC2)CCC(F)(F)c2cccc(c2)[C@@H](C)N4)CC1. The number of alkyl halides is 2. The molecule has 4 aliphatic heterocycles. The van der Waals surface area contributed by atoms with E-state index in [1.165, 1.54) is 6.33 Å². The summed E-state index contributed by atoms with van der Waals surface area (Å²) in [6, 6.07) is 9.09. The largest absolute Gasteiger partial charge is 0.363 e. The third kappa shape index (κ3) is 7.25. The predicted molar refractivity (Wildman–Crippen MR) is 177 cm³/mol. The molecule has 0 radical (unpaired) electrons. The number of hydrogen-bond acceptors (Lipinski definition) is 6. The fraction of sp³-hybridized carbons (Fsp3) is 0.639. The Labute approximate surface area is 266 Å². The van der Waals surface area contributed by atoms with Gasteiger partial charge in [-0.3, -0.25) is 9.36 Å². The van der Waals surface area contributed by atoms with Crippen molar-refractivity contribution in [3.63, 3.8) is 0 Å². The highest BCUT2D eigenvalue weighted by atomic mass is 19.3. The highest BCUT2D eigenvalue weighted by Gasteiger charge is 2.33. The van der Waals surface area contributed by atoms with Gasteiger partial charge in [-0.15, -0.1) is 0 Å². The first-order chi connectivity index (χ1) is 21.7. The summed E-state index contributed by atoms with van der Waals surface area (Å²) in [5.74, 6) is -1.70. The van der Waals surface area contributed by atoms with Crippen LogP contribution in [0.1, 0.15) is 107 Å². The van der Waals surface area contributed by atoms with Crippen molar-refractivity contribution in [2.45, 2.75) is 109 Å². The van der Waals surface area contributed by atoms with Crippen LogP contribution in [0.4, 0.5) is 14.6 Å². The number of rotatable bonds is 2. The third-order valence-electron chi connectivity index (χ3n) is 10.7. The molecule has 8 bridgehead atoms. The van der Waals surface area contributed by atoms with Crippen LogP contribution in [-0.2, 0) is 12.5 Å². The molecule has 0 saturated carbocycles. The maximum Gasteiger partial charge on any atom is 0.273 e. The number of likely N-dealkylation sites (tertiary alicyclic amines) is 1. The third-order valence-corrected chi connectivity index (χ3v) is 10.7. The zero-order valence-electron chi connectivity index (χ0n) is 27.3. The van der Waals surface area contributed by atoms with Gasteiger partial charge in [0.2, 0.25) is 0 Å². The molecule has 2 saturated heterocycles. The van der Waals surface area contributed by atoms with Crippen LogP contribution < -0.4 is 10.9 Å². The lowest BCUT2D eigenvalue weighted by Gasteiger charge is -2.34. The van der Waals surface area contributed by atoms with E-state index in [0.717, 1.165) is 94.2 Å². The Morgan fingerprint density at radius 2 is 1.67 bits per heavy atom. The summed E-state index contributed by atoms with van der Waals surface area (Å²) in [7, 11) is 0. The average molecular weight is 621 g/mol. The Hall–Kier alpha value is -2.91. The summed E-state index contributed by atoms with van der Waals surface area (Å²) >= 11 is 0. The molecular formula is C36H50F2N6O. The second-order valence-electron chi connectivity index (χ2n) is 14.0. The standard InChI is InChI=1S/C36H50F2N6O/c1-25(2)43-20-13-28(14-21-43)31-23-32-33-39-24-40-34(32)44(35(31)45)17-6-4-5-16-42-18-11-27(12-19-42)10-15-36(37,38)30-9-7-8-29(22-30)26(3)41-33/h7-9,22-28H,4-6,10-21H2,1-3H3,(H,39,40,41)/t26-/m1/s1. The van der Waals surface area contributed by atoms with Gasteiger partial charge in [-0.25, -0.2) is 18.7 Å². The number of nitrogens with zero attached hydrogens (tertiary/aromatic N) is 5. The zero-order chi connectivity index (χ0) is 31.6. The van der Waals surface area contributed by atoms with Crippen LogP contribution in [0.2, 0.25) is 0 Å². The Bertz CT molecular complexity index is 1510.